The van der Waals surface area contributed by atoms with E-state index in [0.29, 0.717) is 11.1 Å². The molecule has 0 N–H and O–H groups in total. The first kappa shape index (κ1) is 11.9. The lowest BCUT2D eigenvalue weighted by Gasteiger charge is -2.13. The van der Waals surface area contributed by atoms with Crippen LogP contribution in [-0.4, -0.2) is 12.1 Å². The fraction of sp³-hybridized carbons (Fsp3) is 0.333. The van der Waals surface area contributed by atoms with Gasteiger partial charge in [0.05, 0.1) is 0 Å². The van der Waals surface area contributed by atoms with E-state index < -0.39 is 5.38 Å². The highest BCUT2D eigenvalue weighted by Crippen LogP contribution is 2.28. The quantitative estimate of drug-likeness (QED) is 0.582. The molecule has 0 radical (unpaired) electrons. The zero-order valence-corrected chi connectivity index (χ0v) is 9.54. The molecule has 0 aliphatic heterocycles. The maximum Gasteiger partial charge on any atom is 0.152 e. The minimum absolute atomic E-state index is 0.138. The van der Waals surface area contributed by atoms with E-state index in [2.05, 4.69) is 0 Å². The van der Waals surface area contributed by atoms with Gasteiger partial charge < -0.3 is 0 Å². The Morgan fingerprint density at radius 3 is 2.67 bits per heavy atom. The molecule has 1 atom stereocenters. The molecule has 80 valence electrons. The zero-order valence-electron chi connectivity index (χ0n) is 8.79. The molecule has 0 saturated heterocycles. The topological polar surface area (TPSA) is 34.1 Å². The van der Waals surface area contributed by atoms with Gasteiger partial charge in [-0.1, -0.05) is 25.1 Å². The Morgan fingerprint density at radius 2 is 2.20 bits per heavy atom. The molecule has 1 rings (SSSR count). The molecule has 1 unspecified atom stereocenters. The summed E-state index contributed by atoms with van der Waals surface area (Å²) in [5.74, 6) is -0.138. The average Bonchev–Trinajstić information content (AvgIpc) is 2.26. The summed E-state index contributed by atoms with van der Waals surface area (Å²) in [7, 11) is 0. The smallest absolute Gasteiger partial charge is 0.152 e. The monoisotopic (exact) mass is 224 g/mol. The second-order valence-corrected chi connectivity index (χ2v) is 3.80. The number of aryl methyl sites for hydroxylation is 1. The number of alkyl halides is 1. The SMILES string of the molecule is CCc1cccc(C=O)c1C(Cl)C(C)=O. The van der Waals surface area contributed by atoms with E-state index in [-0.39, 0.29) is 5.78 Å². The van der Waals surface area contributed by atoms with Gasteiger partial charge in [0.1, 0.15) is 11.7 Å². The van der Waals surface area contributed by atoms with E-state index in [0.717, 1.165) is 18.3 Å². The fourth-order valence-electron chi connectivity index (χ4n) is 1.56. The van der Waals surface area contributed by atoms with Crippen LogP contribution in [0.2, 0.25) is 0 Å². The van der Waals surface area contributed by atoms with Crippen LogP contribution in [0.25, 0.3) is 0 Å². The molecule has 15 heavy (non-hydrogen) atoms. The summed E-state index contributed by atoms with van der Waals surface area (Å²) in [6.45, 7) is 3.40. The molecule has 0 saturated carbocycles. The maximum absolute atomic E-state index is 11.2. The summed E-state index contributed by atoms with van der Waals surface area (Å²) >= 11 is 6.00. The molecule has 2 nitrogen and oxygen atoms in total. The minimum atomic E-state index is -0.721. The lowest BCUT2D eigenvalue weighted by atomic mass is 9.95. The molecule has 0 aliphatic rings. The predicted octanol–water partition coefficient (Wildman–Crippen LogP) is 2.93. The van der Waals surface area contributed by atoms with Crippen molar-refractivity contribution in [2.75, 3.05) is 0 Å². The Hall–Kier alpha value is -1.15. The number of carbonyl (C=O) groups excluding carboxylic acids is 2. The normalized spacial score (nSPS) is 12.2. The van der Waals surface area contributed by atoms with Crippen LogP contribution in [0, 0.1) is 0 Å². The van der Waals surface area contributed by atoms with Gasteiger partial charge in [-0.2, -0.15) is 0 Å². The number of halogens is 1. The number of ketones is 1. The second-order valence-electron chi connectivity index (χ2n) is 3.36. The van der Waals surface area contributed by atoms with Gasteiger partial charge in [-0.05, 0) is 24.5 Å². The highest BCUT2D eigenvalue weighted by atomic mass is 35.5. The number of benzene rings is 1. The third-order valence-corrected chi connectivity index (χ3v) is 2.87. The van der Waals surface area contributed by atoms with Crippen molar-refractivity contribution in [1.82, 2.24) is 0 Å². The van der Waals surface area contributed by atoms with E-state index >= 15 is 0 Å². The van der Waals surface area contributed by atoms with Crippen molar-refractivity contribution in [2.24, 2.45) is 0 Å². The van der Waals surface area contributed by atoms with Crippen molar-refractivity contribution in [3.63, 3.8) is 0 Å². The minimum Gasteiger partial charge on any atom is -0.298 e. The summed E-state index contributed by atoms with van der Waals surface area (Å²) in [6, 6.07) is 5.37. The lowest BCUT2D eigenvalue weighted by molar-refractivity contribution is -0.116. The van der Waals surface area contributed by atoms with Crippen molar-refractivity contribution < 1.29 is 9.59 Å². The third kappa shape index (κ3) is 2.45. The number of hydrogen-bond donors (Lipinski definition) is 0. The molecule has 0 amide bonds. The molecule has 0 aromatic heterocycles. The molecular formula is C12H13ClO2. The third-order valence-electron chi connectivity index (χ3n) is 2.35. The number of Topliss-reactive ketones (excluding diaryl/α,β-unsaturated/α-hetero) is 1. The van der Waals surface area contributed by atoms with Crippen LogP contribution in [0.3, 0.4) is 0 Å². The number of rotatable bonds is 4. The molecule has 0 aliphatic carbocycles. The van der Waals surface area contributed by atoms with E-state index in [1.807, 2.05) is 13.0 Å². The van der Waals surface area contributed by atoms with Crippen molar-refractivity contribution in [3.8, 4) is 0 Å². The van der Waals surface area contributed by atoms with Crippen LogP contribution >= 0.6 is 11.6 Å². The first-order valence-electron chi connectivity index (χ1n) is 4.83. The van der Waals surface area contributed by atoms with Crippen LogP contribution in [0.5, 0.6) is 0 Å². The Balaban J connectivity index is 3.33. The van der Waals surface area contributed by atoms with E-state index in [1.165, 1.54) is 6.92 Å². The van der Waals surface area contributed by atoms with Crippen LogP contribution in [0.1, 0.15) is 40.7 Å². The van der Waals surface area contributed by atoms with Crippen molar-refractivity contribution in [3.05, 3.63) is 34.9 Å². The molecule has 0 heterocycles. The summed E-state index contributed by atoms with van der Waals surface area (Å²) in [4.78, 5) is 22.1. The zero-order chi connectivity index (χ0) is 11.4. The summed E-state index contributed by atoms with van der Waals surface area (Å²) in [6.07, 6.45) is 1.50. The van der Waals surface area contributed by atoms with Crippen molar-refractivity contribution in [1.29, 1.82) is 0 Å². The summed E-state index contributed by atoms with van der Waals surface area (Å²) < 4.78 is 0. The largest absolute Gasteiger partial charge is 0.298 e. The molecule has 0 spiro atoms. The van der Waals surface area contributed by atoms with Gasteiger partial charge in [-0.3, -0.25) is 9.59 Å². The van der Waals surface area contributed by atoms with Gasteiger partial charge in [0.2, 0.25) is 0 Å². The Bertz CT molecular complexity index is 385. The Morgan fingerprint density at radius 1 is 1.53 bits per heavy atom. The Labute approximate surface area is 94.2 Å². The average molecular weight is 225 g/mol. The Kier molecular flexibility index (Phi) is 4.04. The maximum atomic E-state index is 11.2. The van der Waals surface area contributed by atoms with Crippen molar-refractivity contribution >= 4 is 23.7 Å². The predicted molar refractivity (Wildman–Crippen MR) is 60.5 cm³/mol. The van der Waals surface area contributed by atoms with Crippen LogP contribution in [-0.2, 0) is 11.2 Å². The van der Waals surface area contributed by atoms with Gasteiger partial charge >= 0.3 is 0 Å². The molecular weight excluding hydrogens is 212 g/mol. The fourth-order valence-corrected chi connectivity index (χ4v) is 1.82. The van der Waals surface area contributed by atoms with Crippen molar-refractivity contribution in [2.45, 2.75) is 25.6 Å². The molecule has 3 heteroatoms. The van der Waals surface area contributed by atoms with E-state index in [9.17, 15) is 9.59 Å². The summed E-state index contributed by atoms with van der Waals surface area (Å²) in [5.41, 5.74) is 2.11. The van der Waals surface area contributed by atoms with Crippen LogP contribution < -0.4 is 0 Å². The second kappa shape index (κ2) is 5.08. The highest BCUT2D eigenvalue weighted by molar-refractivity contribution is 6.31. The van der Waals surface area contributed by atoms with Crippen LogP contribution in [0.4, 0.5) is 0 Å². The summed E-state index contributed by atoms with van der Waals surface area (Å²) in [5, 5.41) is -0.721. The number of hydrogen-bond acceptors (Lipinski definition) is 2. The molecule has 0 bridgehead atoms. The number of carbonyl (C=O) groups is 2. The molecule has 0 fully saturated rings. The highest BCUT2D eigenvalue weighted by Gasteiger charge is 2.19. The molecule has 1 aromatic carbocycles. The van der Waals surface area contributed by atoms with E-state index in [1.54, 1.807) is 12.1 Å². The van der Waals surface area contributed by atoms with Crippen LogP contribution in [0.15, 0.2) is 18.2 Å². The standard InChI is InChI=1S/C12H13ClO2/c1-3-9-5-4-6-10(7-14)11(9)12(13)8(2)15/h4-7,12H,3H2,1-2H3. The van der Waals surface area contributed by atoms with Gasteiger partial charge in [-0.25, -0.2) is 0 Å². The first-order chi connectivity index (χ1) is 7.11. The van der Waals surface area contributed by atoms with Gasteiger partial charge in [-0.15, -0.1) is 11.6 Å². The lowest BCUT2D eigenvalue weighted by Crippen LogP contribution is -2.08. The first-order valence-corrected chi connectivity index (χ1v) is 5.27. The van der Waals surface area contributed by atoms with Gasteiger partial charge in [0.15, 0.2) is 5.78 Å². The van der Waals surface area contributed by atoms with E-state index in [4.69, 9.17) is 11.6 Å². The van der Waals surface area contributed by atoms with Gasteiger partial charge in [0.25, 0.3) is 0 Å². The van der Waals surface area contributed by atoms with Gasteiger partial charge in [0, 0.05) is 5.56 Å². The number of aldehydes is 1. The molecule has 1 aromatic rings.